The number of carbonyl (C=O) groups is 1. The monoisotopic (exact) mass is 245 g/mol. The van der Waals surface area contributed by atoms with E-state index in [2.05, 4.69) is 20.9 Å². The Bertz CT molecular complexity index is 343. The highest BCUT2D eigenvalue weighted by molar-refractivity contribution is 9.10. The Morgan fingerprint density at radius 2 is 2.15 bits per heavy atom. The summed E-state index contributed by atoms with van der Waals surface area (Å²) in [6.07, 6.45) is 1.10. The molecule has 0 saturated heterocycles. The van der Waals surface area contributed by atoms with E-state index in [1.54, 1.807) is 0 Å². The zero-order valence-corrected chi connectivity index (χ0v) is 7.89. The van der Waals surface area contributed by atoms with E-state index in [1.807, 2.05) is 0 Å². The summed E-state index contributed by atoms with van der Waals surface area (Å²) >= 11 is 2.99. The van der Waals surface area contributed by atoms with E-state index in [1.165, 1.54) is 6.07 Å². The van der Waals surface area contributed by atoms with Crippen molar-refractivity contribution >= 4 is 34.5 Å². The Labute approximate surface area is 82.3 Å². The van der Waals surface area contributed by atoms with E-state index in [0.717, 1.165) is 6.20 Å². The van der Waals surface area contributed by atoms with Crippen LogP contribution in [-0.4, -0.2) is 33.2 Å². The van der Waals surface area contributed by atoms with Crippen LogP contribution in [0.15, 0.2) is 16.7 Å². The molecule has 0 radical (unpaired) electrons. The van der Waals surface area contributed by atoms with Crippen molar-refractivity contribution in [3.05, 3.63) is 22.4 Å². The third kappa shape index (κ3) is 2.27. The van der Waals surface area contributed by atoms with Gasteiger partial charge in [-0.2, -0.15) is 0 Å². The molecule has 1 aromatic rings. The predicted molar refractivity (Wildman–Crippen MR) is 48.7 cm³/mol. The number of carboxylic acids is 1. The van der Waals surface area contributed by atoms with E-state index in [4.69, 9.17) is 15.2 Å². The Morgan fingerprint density at radius 3 is 2.54 bits per heavy atom. The maximum atomic E-state index is 10.4. The summed E-state index contributed by atoms with van der Waals surface area (Å²) in [6.45, 7) is 0. The van der Waals surface area contributed by atoms with Gasteiger partial charge in [-0.05, 0) is 6.07 Å². The Hall–Kier alpha value is -0.915. The fourth-order valence-electron chi connectivity index (χ4n) is 0.748. The van der Waals surface area contributed by atoms with Crippen molar-refractivity contribution in [1.29, 1.82) is 0 Å². The average Bonchev–Trinajstić information content (AvgIpc) is 2.03. The molecule has 5 nitrogen and oxygen atoms in total. The summed E-state index contributed by atoms with van der Waals surface area (Å²) < 4.78 is 0.301. The topological polar surface area (TPSA) is 90.7 Å². The third-order valence-electron chi connectivity index (χ3n) is 1.38. The largest absolute Gasteiger partial charge is 0.491 e. The first kappa shape index (κ1) is 10.2. The highest BCUT2D eigenvalue weighted by Gasteiger charge is 2.17. The van der Waals surface area contributed by atoms with Gasteiger partial charge in [0.05, 0.1) is 0 Å². The van der Waals surface area contributed by atoms with Gasteiger partial charge in [-0.3, -0.25) is 0 Å². The van der Waals surface area contributed by atoms with Gasteiger partial charge in [0.1, 0.15) is 5.69 Å². The Morgan fingerprint density at radius 1 is 1.54 bits per heavy atom. The molecule has 0 aliphatic carbocycles. The third-order valence-corrected chi connectivity index (χ3v) is 2.07. The molecule has 0 amide bonds. The summed E-state index contributed by atoms with van der Waals surface area (Å²) in [5.74, 6) is -1.17. The van der Waals surface area contributed by atoms with Crippen LogP contribution < -0.4 is 5.46 Å². The minimum absolute atomic E-state index is 0.130. The molecule has 0 aromatic carbocycles. The number of halogens is 1. The lowest BCUT2D eigenvalue weighted by Gasteiger charge is -2.02. The number of nitrogens with zero attached hydrogens (tertiary/aromatic N) is 1. The summed E-state index contributed by atoms with van der Waals surface area (Å²) in [7, 11) is -1.66. The number of aromatic carboxylic acids is 1. The lowest BCUT2D eigenvalue weighted by Crippen LogP contribution is -2.31. The van der Waals surface area contributed by atoms with Gasteiger partial charge in [0.25, 0.3) is 0 Å². The Balaban J connectivity index is 3.13. The van der Waals surface area contributed by atoms with Gasteiger partial charge in [0.2, 0.25) is 0 Å². The molecule has 0 fully saturated rings. The van der Waals surface area contributed by atoms with E-state index in [-0.39, 0.29) is 11.2 Å². The zero-order chi connectivity index (χ0) is 10.0. The van der Waals surface area contributed by atoms with Gasteiger partial charge < -0.3 is 15.2 Å². The fourth-order valence-corrected chi connectivity index (χ4v) is 1.27. The van der Waals surface area contributed by atoms with Crippen molar-refractivity contribution in [2.75, 3.05) is 0 Å². The highest BCUT2D eigenvalue weighted by atomic mass is 79.9. The molecule has 0 saturated carbocycles. The SMILES string of the molecule is O=C(O)c1cc(Br)c(B(O)O)cn1. The second-order valence-electron chi connectivity index (χ2n) is 2.27. The maximum absolute atomic E-state index is 10.4. The van der Waals surface area contributed by atoms with E-state index in [0.29, 0.717) is 4.47 Å². The fraction of sp³-hybridized carbons (Fsp3) is 0. The van der Waals surface area contributed by atoms with Crippen molar-refractivity contribution in [2.24, 2.45) is 0 Å². The van der Waals surface area contributed by atoms with Crippen LogP contribution in [0.3, 0.4) is 0 Å². The first-order valence-electron chi connectivity index (χ1n) is 3.27. The van der Waals surface area contributed by atoms with Gasteiger partial charge in [-0.25, -0.2) is 9.78 Å². The molecular formula is C6H5BBrNO4. The van der Waals surface area contributed by atoms with Crippen LogP contribution in [0, 0.1) is 0 Å². The van der Waals surface area contributed by atoms with Crippen molar-refractivity contribution < 1.29 is 19.9 Å². The molecule has 0 aliphatic heterocycles. The molecule has 0 bridgehead atoms. The number of aromatic nitrogens is 1. The zero-order valence-electron chi connectivity index (χ0n) is 6.31. The van der Waals surface area contributed by atoms with E-state index in [9.17, 15) is 4.79 Å². The number of carboxylic acid groups (broad SMARTS) is 1. The summed E-state index contributed by atoms with van der Waals surface area (Å²) in [5.41, 5.74) is -0.0266. The van der Waals surface area contributed by atoms with Crippen LogP contribution in [0.1, 0.15) is 10.5 Å². The van der Waals surface area contributed by atoms with Crippen LogP contribution in [0.5, 0.6) is 0 Å². The van der Waals surface area contributed by atoms with Crippen LogP contribution in [-0.2, 0) is 0 Å². The van der Waals surface area contributed by atoms with Gasteiger partial charge in [0, 0.05) is 16.1 Å². The van der Waals surface area contributed by atoms with Crippen LogP contribution in [0.2, 0.25) is 0 Å². The first-order valence-corrected chi connectivity index (χ1v) is 4.06. The second-order valence-corrected chi connectivity index (χ2v) is 3.12. The molecule has 1 rings (SSSR count). The van der Waals surface area contributed by atoms with Gasteiger partial charge >= 0.3 is 13.1 Å². The first-order chi connectivity index (χ1) is 6.02. The number of hydrogen-bond acceptors (Lipinski definition) is 4. The second kappa shape index (κ2) is 3.86. The highest BCUT2D eigenvalue weighted by Crippen LogP contribution is 2.07. The minimum atomic E-state index is -1.66. The van der Waals surface area contributed by atoms with E-state index < -0.39 is 13.1 Å². The summed E-state index contributed by atoms with van der Waals surface area (Å²) in [5, 5.41) is 26.1. The van der Waals surface area contributed by atoms with Gasteiger partial charge in [-0.1, -0.05) is 15.9 Å². The van der Waals surface area contributed by atoms with Crippen LogP contribution in [0.4, 0.5) is 0 Å². The van der Waals surface area contributed by atoms with Crippen LogP contribution >= 0.6 is 15.9 Å². The lowest BCUT2D eigenvalue weighted by atomic mass is 9.81. The summed E-state index contributed by atoms with van der Waals surface area (Å²) in [6, 6.07) is 1.21. The molecule has 7 heteroatoms. The van der Waals surface area contributed by atoms with Crippen molar-refractivity contribution in [3.8, 4) is 0 Å². The molecule has 1 aromatic heterocycles. The molecule has 1 heterocycles. The number of rotatable bonds is 2. The molecule has 3 N–H and O–H groups in total. The van der Waals surface area contributed by atoms with Crippen molar-refractivity contribution in [2.45, 2.75) is 0 Å². The molecular weight excluding hydrogens is 241 g/mol. The molecule has 68 valence electrons. The van der Waals surface area contributed by atoms with Crippen molar-refractivity contribution in [3.63, 3.8) is 0 Å². The van der Waals surface area contributed by atoms with Gasteiger partial charge in [-0.15, -0.1) is 0 Å². The predicted octanol–water partition coefficient (Wildman–Crippen LogP) is -0.778. The Kier molecular flexibility index (Phi) is 3.02. The average molecular weight is 246 g/mol. The number of hydrogen-bond donors (Lipinski definition) is 3. The quantitative estimate of drug-likeness (QED) is 0.595. The smallest absolute Gasteiger partial charge is 0.477 e. The lowest BCUT2D eigenvalue weighted by molar-refractivity contribution is 0.0690. The molecule has 0 unspecified atom stereocenters. The summed E-state index contributed by atoms with van der Waals surface area (Å²) in [4.78, 5) is 13.9. The standard InChI is InChI=1S/C6H5BBrNO4/c8-4-1-5(6(10)11)9-2-3(4)7(12)13/h1-2,12-13H,(H,10,11). The van der Waals surface area contributed by atoms with E-state index >= 15 is 0 Å². The molecule has 0 spiro atoms. The normalized spacial score (nSPS) is 9.77. The molecule has 13 heavy (non-hydrogen) atoms. The minimum Gasteiger partial charge on any atom is -0.477 e. The number of pyridine rings is 1. The molecule has 0 aliphatic rings. The van der Waals surface area contributed by atoms with Gasteiger partial charge in [0.15, 0.2) is 0 Å². The van der Waals surface area contributed by atoms with Crippen molar-refractivity contribution in [1.82, 2.24) is 4.98 Å². The molecule has 0 atom stereocenters. The maximum Gasteiger partial charge on any atom is 0.491 e. The van der Waals surface area contributed by atoms with Crippen LogP contribution in [0.25, 0.3) is 0 Å².